The maximum absolute atomic E-state index is 4.41. The predicted molar refractivity (Wildman–Crippen MR) is 78.9 cm³/mol. The second-order valence-electron chi connectivity index (χ2n) is 4.59. The van der Waals surface area contributed by atoms with Crippen molar-refractivity contribution in [2.24, 2.45) is 5.41 Å². The Morgan fingerprint density at radius 2 is 1.94 bits per heavy atom. The topological polar surface area (TPSA) is 30.7 Å². The molecular formula is C12H21Br2N3. The Balaban J connectivity index is 2.81. The van der Waals surface area contributed by atoms with Crippen molar-refractivity contribution < 1.29 is 0 Å². The van der Waals surface area contributed by atoms with E-state index in [9.17, 15) is 0 Å². The van der Waals surface area contributed by atoms with Crippen LogP contribution in [0.4, 0.5) is 0 Å². The van der Waals surface area contributed by atoms with E-state index < -0.39 is 0 Å². The van der Waals surface area contributed by atoms with Gasteiger partial charge in [-0.25, -0.2) is 4.98 Å². The molecule has 17 heavy (non-hydrogen) atoms. The smallest absolute Gasteiger partial charge is 0.138 e. The summed E-state index contributed by atoms with van der Waals surface area (Å²) >= 11 is 7.31. The van der Waals surface area contributed by atoms with E-state index in [1.54, 1.807) is 6.33 Å². The third-order valence-electron chi connectivity index (χ3n) is 3.01. The fraction of sp³-hybridized carbons (Fsp3) is 0.833. The van der Waals surface area contributed by atoms with E-state index in [0.29, 0.717) is 0 Å². The lowest BCUT2D eigenvalue weighted by Crippen LogP contribution is -2.29. The van der Waals surface area contributed by atoms with E-state index in [1.165, 1.54) is 12.8 Å². The summed E-state index contributed by atoms with van der Waals surface area (Å²) in [5, 5.41) is 6.29. The largest absolute Gasteiger partial charge is 0.250 e. The van der Waals surface area contributed by atoms with Crippen molar-refractivity contribution in [2.45, 2.75) is 46.1 Å². The molecule has 1 aromatic rings. The number of aryl methyl sites for hydroxylation is 1. The van der Waals surface area contributed by atoms with Crippen molar-refractivity contribution >= 4 is 31.9 Å². The van der Waals surface area contributed by atoms with Gasteiger partial charge in [0.1, 0.15) is 12.2 Å². The van der Waals surface area contributed by atoms with Crippen LogP contribution in [0.5, 0.6) is 0 Å². The molecule has 0 radical (unpaired) electrons. The minimum Gasteiger partial charge on any atom is -0.250 e. The number of hydrogen-bond donors (Lipinski definition) is 0. The summed E-state index contributed by atoms with van der Waals surface area (Å²) in [4.78, 5) is 4.41. The van der Waals surface area contributed by atoms with Gasteiger partial charge in [-0.15, -0.1) is 0 Å². The molecule has 1 rings (SSSR count). The third-order valence-corrected chi connectivity index (χ3v) is 5.39. The molecule has 0 aliphatic carbocycles. The molecule has 0 unspecified atom stereocenters. The monoisotopic (exact) mass is 365 g/mol. The van der Waals surface area contributed by atoms with E-state index >= 15 is 0 Å². The standard InChI is InChI=1S/C12H21Br2N3/c1-3-5-12(8-13,9-14)7-11-15-10-16-17(11)6-4-2/h10H,3-9H2,1-2H3. The predicted octanol–water partition coefficient (Wildman–Crippen LogP) is 3.81. The van der Waals surface area contributed by atoms with Crippen molar-refractivity contribution in [2.75, 3.05) is 10.7 Å². The first-order valence-electron chi connectivity index (χ1n) is 6.20. The van der Waals surface area contributed by atoms with Gasteiger partial charge in [-0.2, -0.15) is 5.10 Å². The molecule has 0 saturated carbocycles. The first-order chi connectivity index (χ1) is 8.21. The second-order valence-corrected chi connectivity index (χ2v) is 5.71. The lowest BCUT2D eigenvalue weighted by Gasteiger charge is -2.29. The van der Waals surface area contributed by atoms with Gasteiger partial charge in [0.15, 0.2) is 0 Å². The molecule has 0 aromatic carbocycles. The maximum Gasteiger partial charge on any atom is 0.138 e. The van der Waals surface area contributed by atoms with Gasteiger partial charge in [0.25, 0.3) is 0 Å². The summed E-state index contributed by atoms with van der Waals surface area (Å²) in [5.74, 6) is 1.11. The van der Waals surface area contributed by atoms with E-state index in [0.717, 1.165) is 35.9 Å². The fourth-order valence-electron chi connectivity index (χ4n) is 2.04. The first-order valence-corrected chi connectivity index (χ1v) is 8.44. The number of nitrogens with zero attached hydrogens (tertiary/aromatic N) is 3. The zero-order chi connectivity index (χ0) is 12.7. The Morgan fingerprint density at radius 3 is 2.47 bits per heavy atom. The van der Waals surface area contributed by atoms with Crippen LogP contribution in [0, 0.1) is 5.41 Å². The van der Waals surface area contributed by atoms with Crippen LogP contribution in [0.15, 0.2) is 6.33 Å². The van der Waals surface area contributed by atoms with E-state index in [2.05, 4.69) is 55.8 Å². The van der Waals surface area contributed by atoms with Crippen LogP contribution in [-0.2, 0) is 13.0 Å². The Kier molecular flexibility index (Phi) is 6.70. The lowest BCUT2D eigenvalue weighted by molar-refractivity contribution is 0.335. The molecule has 3 nitrogen and oxygen atoms in total. The molecule has 0 aliphatic heterocycles. The van der Waals surface area contributed by atoms with Crippen LogP contribution in [-0.4, -0.2) is 25.4 Å². The van der Waals surface area contributed by atoms with Gasteiger partial charge < -0.3 is 0 Å². The molecule has 0 fully saturated rings. The quantitative estimate of drug-likeness (QED) is 0.655. The van der Waals surface area contributed by atoms with Crippen molar-refractivity contribution in [3.63, 3.8) is 0 Å². The van der Waals surface area contributed by atoms with E-state index in [-0.39, 0.29) is 5.41 Å². The van der Waals surface area contributed by atoms with Crippen LogP contribution in [0.1, 0.15) is 38.9 Å². The molecule has 0 N–H and O–H groups in total. The zero-order valence-corrected chi connectivity index (χ0v) is 13.8. The van der Waals surface area contributed by atoms with Gasteiger partial charge in [0.2, 0.25) is 0 Å². The van der Waals surface area contributed by atoms with Gasteiger partial charge in [-0.05, 0) is 18.3 Å². The molecule has 0 spiro atoms. The number of rotatable bonds is 8. The number of aromatic nitrogens is 3. The van der Waals surface area contributed by atoms with Gasteiger partial charge >= 0.3 is 0 Å². The summed E-state index contributed by atoms with van der Waals surface area (Å²) in [5.41, 5.74) is 0.257. The highest BCUT2D eigenvalue weighted by Crippen LogP contribution is 2.32. The van der Waals surface area contributed by atoms with Crippen LogP contribution in [0.25, 0.3) is 0 Å². The average Bonchev–Trinajstić information content (AvgIpc) is 2.76. The van der Waals surface area contributed by atoms with Gasteiger partial charge in [0.05, 0.1) is 0 Å². The van der Waals surface area contributed by atoms with Crippen LogP contribution >= 0.6 is 31.9 Å². The molecule has 1 aromatic heterocycles. The van der Waals surface area contributed by atoms with Crippen LogP contribution < -0.4 is 0 Å². The highest BCUT2D eigenvalue weighted by atomic mass is 79.9. The summed E-state index contributed by atoms with van der Waals surface area (Å²) in [6.45, 7) is 5.36. The van der Waals surface area contributed by atoms with Gasteiger partial charge in [-0.1, -0.05) is 52.1 Å². The van der Waals surface area contributed by atoms with Crippen molar-refractivity contribution in [3.05, 3.63) is 12.2 Å². The molecule has 98 valence electrons. The Bertz CT molecular complexity index is 321. The van der Waals surface area contributed by atoms with Gasteiger partial charge in [0, 0.05) is 23.6 Å². The van der Waals surface area contributed by atoms with Crippen molar-refractivity contribution in [1.29, 1.82) is 0 Å². The molecule has 0 aliphatic rings. The van der Waals surface area contributed by atoms with Crippen LogP contribution in [0.3, 0.4) is 0 Å². The van der Waals surface area contributed by atoms with Gasteiger partial charge in [-0.3, -0.25) is 4.68 Å². The SMILES string of the molecule is CCCn1ncnc1CC(CBr)(CBr)CCC. The second kappa shape index (κ2) is 7.52. The average molecular weight is 367 g/mol. The molecular weight excluding hydrogens is 346 g/mol. The number of hydrogen-bond acceptors (Lipinski definition) is 2. The van der Waals surface area contributed by atoms with Crippen LogP contribution in [0.2, 0.25) is 0 Å². The minimum absolute atomic E-state index is 0.257. The van der Waals surface area contributed by atoms with Crippen molar-refractivity contribution in [1.82, 2.24) is 14.8 Å². The maximum atomic E-state index is 4.41. The zero-order valence-electron chi connectivity index (χ0n) is 10.6. The summed E-state index contributed by atoms with van der Waals surface area (Å²) in [7, 11) is 0. The molecule has 0 bridgehead atoms. The fourth-order valence-corrected chi connectivity index (χ4v) is 3.93. The number of alkyl halides is 2. The Labute approximate surface area is 121 Å². The highest BCUT2D eigenvalue weighted by molar-refractivity contribution is 9.09. The normalized spacial score (nSPS) is 12.0. The molecule has 1 heterocycles. The van der Waals surface area contributed by atoms with E-state index in [1.807, 2.05) is 4.68 Å². The lowest BCUT2D eigenvalue weighted by atomic mass is 9.84. The summed E-state index contributed by atoms with van der Waals surface area (Å²) in [6, 6.07) is 0. The molecule has 5 heteroatoms. The molecule has 0 saturated heterocycles. The number of halogens is 2. The third kappa shape index (κ3) is 4.05. The highest BCUT2D eigenvalue weighted by Gasteiger charge is 2.29. The van der Waals surface area contributed by atoms with E-state index in [4.69, 9.17) is 0 Å². The Morgan fingerprint density at radius 1 is 1.24 bits per heavy atom. The molecule has 0 amide bonds. The Hall–Kier alpha value is 0.100. The first kappa shape index (κ1) is 15.2. The summed E-state index contributed by atoms with van der Waals surface area (Å²) < 4.78 is 2.04. The molecule has 0 atom stereocenters. The van der Waals surface area contributed by atoms with Crippen molar-refractivity contribution in [3.8, 4) is 0 Å². The summed E-state index contributed by atoms with van der Waals surface area (Å²) in [6.07, 6.45) is 6.14. The minimum atomic E-state index is 0.257.